The Morgan fingerprint density at radius 1 is 1.32 bits per heavy atom. The zero-order chi connectivity index (χ0) is 13.7. The van der Waals surface area contributed by atoms with Crippen molar-refractivity contribution in [2.45, 2.75) is 44.4 Å². The van der Waals surface area contributed by atoms with Crippen molar-refractivity contribution in [2.24, 2.45) is 5.92 Å². The van der Waals surface area contributed by atoms with Crippen molar-refractivity contribution >= 4 is 17.5 Å². The van der Waals surface area contributed by atoms with E-state index in [0.717, 1.165) is 31.4 Å². The minimum absolute atomic E-state index is 0.0272. The van der Waals surface area contributed by atoms with Gasteiger partial charge in [-0.15, -0.1) is 11.6 Å². The number of halogens is 1. The highest BCUT2D eigenvalue weighted by molar-refractivity contribution is 6.20. The fourth-order valence-electron chi connectivity index (χ4n) is 2.64. The summed E-state index contributed by atoms with van der Waals surface area (Å²) in [6.07, 6.45) is 5.50. The summed E-state index contributed by atoms with van der Waals surface area (Å²) in [6, 6.07) is 7.84. The first kappa shape index (κ1) is 14.4. The predicted octanol–water partition coefficient (Wildman–Crippen LogP) is 3.78. The van der Waals surface area contributed by atoms with Crippen LogP contribution in [0.3, 0.4) is 0 Å². The van der Waals surface area contributed by atoms with E-state index in [-0.39, 0.29) is 5.91 Å². The molecule has 3 heteroatoms. The Labute approximate surface area is 120 Å². The number of nitrogens with one attached hydrogen (secondary N) is 1. The predicted molar refractivity (Wildman–Crippen MR) is 79.8 cm³/mol. The summed E-state index contributed by atoms with van der Waals surface area (Å²) in [5, 5.41) is 3.32. The third kappa shape index (κ3) is 4.24. The van der Waals surface area contributed by atoms with Gasteiger partial charge in [0.1, 0.15) is 0 Å². The van der Waals surface area contributed by atoms with Gasteiger partial charge in [-0.05, 0) is 49.3 Å². The number of carbonyl (C=O) groups is 1. The minimum atomic E-state index is 0.0272. The van der Waals surface area contributed by atoms with Gasteiger partial charge >= 0.3 is 0 Å². The number of carbonyl (C=O) groups excluding carboxylic acids is 1. The van der Waals surface area contributed by atoms with Gasteiger partial charge in [-0.3, -0.25) is 4.79 Å². The van der Waals surface area contributed by atoms with Crippen LogP contribution in [-0.4, -0.2) is 17.8 Å². The first-order chi connectivity index (χ1) is 9.19. The summed E-state index contributed by atoms with van der Waals surface area (Å²) in [4.78, 5) is 12.0. The molecule has 2 atom stereocenters. The van der Waals surface area contributed by atoms with Crippen LogP contribution in [0.5, 0.6) is 0 Å². The van der Waals surface area contributed by atoms with Gasteiger partial charge in [0, 0.05) is 17.5 Å². The second kappa shape index (κ2) is 6.95. The summed E-state index contributed by atoms with van der Waals surface area (Å²) in [7, 11) is 0. The molecule has 0 spiro atoms. The molecule has 1 aliphatic carbocycles. The molecule has 1 amide bonds. The molecule has 0 radical (unpaired) electrons. The lowest BCUT2D eigenvalue weighted by Crippen LogP contribution is -2.32. The largest absolute Gasteiger partial charge is 0.352 e. The van der Waals surface area contributed by atoms with E-state index in [1.165, 1.54) is 18.4 Å². The van der Waals surface area contributed by atoms with E-state index in [0.29, 0.717) is 11.3 Å². The standard InChI is InChI=1S/C16H22ClNO/c1-2-12-6-8-14(9-7-12)16(19)18-11-13-4-3-5-15(17)10-13/h6-9,13,15H,2-5,10-11H2,1H3,(H,18,19). The molecule has 1 aromatic rings. The molecule has 0 saturated heterocycles. The lowest BCUT2D eigenvalue weighted by atomic mass is 9.89. The van der Waals surface area contributed by atoms with Crippen LogP contribution in [-0.2, 0) is 6.42 Å². The Bertz CT molecular complexity index is 415. The molecule has 2 rings (SSSR count). The molecule has 1 aliphatic rings. The lowest BCUT2D eigenvalue weighted by Gasteiger charge is -2.25. The maximum atomic E-state index is 12.0. The van der Waals surface area contributed by atoms with E-state index < -0.39 is 0 Å². The van der Waals surface area contributed by atoms with Crippen LogP contribution in [0, 0.1) is 5.92 Å². The Morgan fingerprint density at radius 3 is 2.68 bits per heavy atom. The molecule has 19 heavy (non-hydrogen) atoms. The molecule has 0 aromatic heterocycles. The van der Waals surface area contributed by atoms with E-state index in [9.17, 15) is 4.79 Å². The molecule has 1 N–H and O–H groups in total. The fraction of sp³-hybridized carbons (Fsp3) is 0.562. The van der Waals surface area contributed by atoms with Crippen LogP contribution >= 0.6 is 11.6 Å². The van der Waals surface area contributed by atoms with Crippen molar-refractivity contribution in [3.8, 4) is 0 Å². The zero-order valence-corrected chi connectivity index (χ0v) is 12.2. The van der Waals surface area contributed by atoms with Crippen molar-refractivity contribution in [3.05, 3.63) is 35.4 Å². The number of rotatable bonds is 4. The molecule has 1 aromatic carbocycles. The Morgan fingerprint density at radius 2 is 2.05 bits per heavy atom. The molecule has 0 heterocycles. The number of alkyl halides is 1. The Hall–Kier alpha value is -1.02. The van der Waals surface area contributed by atoms with Crippen molar-refractivity contribution in [1.82, 2.24) is 5.32 Å². The van der Waals surface area contributed by atoms with E-state index in [1.54, 1.807) is 0 Å². The first-order valence-corrected chi connectivity index (χ1v) is 7.64. The maximum Gasteiger partial charge on any atom is 0.251 e. The number of hydrogen-bond donors (Lipinski definition) is 1. The third-order valence-corrected chi connectivity index (χ3v) is 4.29. The summed E-state index contributed by atoms with van der Waals surface area (Å²) >= 11 is 6.16. The van der Waals surface area contributed by atoms with E-state index in [1.807, 2.05) is 24.3 Å². The van der Waals surface area contributed by atoms with Crippen LogP contribution < -0.4 is 5.32 Å². The maximum absolute atomic E-state index is 12.0. The number of hydrogen-bond acceptors (Lipinski definition) is 1. The minimum Gasteiger partial charge on any atom is -0.352 e. The molecule has 2 nitrogen and oxygen atoms in total. The van der Waals surface area contributed by atoms with Crippen molar-refractivity contribution in [1.29, 1.82) is 0 Å². The smallest absolute Gasteiger partial charge is 0.251 e. The fourth-order valence-corrected chi connectivity index (χ4v) is 3.05. The van der Waals surface area contributed by atoms with Crippen molar-refractivity contribution in [3.63, 3.8) is 0 Å². The molecular formula is C16H22ClNO. The van der Waals surface area contributed by atoms with Crippen LogP contribution in [0.2, 0.25) is 0 Å². The molecule has 1 saturated carbocycles. The molecule has 0 bridgehead atoms. The van der Waals surface area contributed by atoms with Gasteiger partial charge in [-0.1, -0.05) is 25.5 Å². The summed E-state index contributed by atoms with van der Waals surface area (Å²) in [6.45, 7) is 2.86. The van der Waals surface area contributed by atoms with Crippen LogP contribution in [0.25, 0.3) is 0 Å². The SMILES string of the molecule is CCc1ccc(C(=O)NCC2CCCC(Cl)C2)cc1. The van der Waals surface area contributed by atoms with E-state index >= 15 is 0 Å². The lowest BCUT2D eigenvalue weighted by molar-refractivity contribution is 0.0943. The monoisotopic (exact) mass is 279 g/mol. The third-order valence-electron chi connectivity index (χ3n) is 3.89. The van der Waals surface area contributed by atoms with Gasteiger partial charge in [0.2, 0.25) is 0 Å². The van der Waals surface area contributed by atoms with Crippen molar-refractivity contribution < 1.29 is 4.79 Å². The molecular weight excluding hydrogens is 258 g/mol. The Kier molecular flexibility index (Phi) is 5.26. The quantitative estimate of drug-likeness (QED) is 0.835. The van der Waals surface area contributed by atoms with Gasteiger partial charge in [0.15, 0.2) is 0 Å². The topological polar surface area (TPSA) is 29.1 Å². The van der Waals surface area contributed by atoms with Gasteiger partial charge in [0.05, 0.1) is 0 Å². The van der Waals surface area contributed by atoms with Gasteiger partial charge in [-0.25, -0.2) is 0 Å². The second-order valence-electron chi connectivity index (χ2n) is 5.39. The zero-order valence-electron chi connectivity index (χ0n) is 11.5. The average molecular weight is 280 g/mol. The normalized spacial score (nSPS) is 23.1. The molecule has 2 unspecified atom stereocenters. The first-order valence-electron chi connectivity index (χ1n) is 7.20. The van der Waals surface area contributed by atoms with Crippen molar-refractivity contribution in [2.75, 3.05) is 6.54 Å². The summed E-state index contributed by atoms with van der Waals surface area (Å²) in [5.41, 5.74) is 2.00. The van der Waals surface area contributed by atoms with E-state index in [2.05, 4.69) is 12.2 Å². The highest BCUT2D eigenvalue weighted by Crippen LogP contribution is 2.27. The molecule has 104 valence electrons. The molecule has 1 fully saturated rings. The number of aryl methyl sites for hydroxylation is 1. The number of amides is 1. The number of benzene rings is 1. The highest BCUT2D eigenvalue weighted by Gasteiger charge is 2.20. The summed E-state index contributed by atoms with van der Waals surface area (Å²) < 4.78 is 0. The van der Waals surface area contributed by atoms with Gasteiger partial charge in [-0.2, -0.15) is 0 Å². The van der Waals surface area contributed by atoms with Crippen LogP contribution in [0.4, 0.5) is 0 Å². The highest BCUT2D eigenvalue weighted by atomic mass is 35.5. The van der Waals surface area contributed by atoms with Gasteiger partial charge in [0.25, 0.3) is 5.91 Å². The molecule has 0 aliphatic heterocycles. The van der Waals surface area contributed by atoms with Crippen LogP contribution in [0.15, 0.2) is 24.3 Å². The Balaban J connectivity index is 1.83. The van der Waals surface area contributed by atoms with E-state index in [4.69, 9.17) is 11.6 Å². The van der Waals surface area contributed by atoms with Gasteiger partial charge < -0.3 is 5.32 Å². The average Bonchev–Trinajstić information content (AvgIpc) is 2.45. The summed E-state index contributed by atoms with van der Waals surface area (Å²) in [5.74, 6) is 0.564. The van der Waals surface area contributed by atoms with Crippen LogP contribution in [0.1, 0.15) is 48.5 Å². The second-order valence-corrected chi connectivity index (χ2v) is 6.01.